The molecule has 1 aliphatic heterocycles. The van der Waals surface area contributed by atoms with Crippen LogP contribution in [-0.4, -0.2) is 60.2 Å². The van der Waals surface area contributed by atoms with E-state index in [4.69, 9.17) is 0 Å². The number of benzodiazepines with no additional fused rings is 1. The molecule has 0 saturated heterocycles. The summed E-state index contributed by atoms with van der Waals surface area (Å²) in [4.78, 5) is 56.5. The van der Waals surface area contributed by atoms with Crippen LogP contribution in [0.5, 0.6) is 0 Å². The third-order valence-corrected chi connectivity index (χ3v) is 6.01. The number of aromatic nitrogens is 2. The van der Waals surface area contributed by atoms with E-state index >= 15 is 0 Å². The van der Waals surface area contributed by atoms with E-state index in [9.17, 15) is 14.4 Å². The average Bonchev–Trinajstić information content (AvgIpc) is 2.99. The predicted molar refractivity (Wildman–Crippen MR) is 148 cm³/mol. The largest absolute Gasteiger partial charge is 0.378 e. The number of hydrogen-bond donors (Lipinski definition) is 2. The summed E-state index contributed by atoms with van der Waals surface area (Å²) in [5.41, 5.74) is 2.18. The van der Waals surface area contributed by atoms with Crippen molar-refractivity contribution in [1.82, 2.24) is 15.3 Å². The Morgan fingerprint density at radius 3 is 2.39 bits per heavy atom. The predicted octanol–water partition coefficient (Wildman–Crippen LogP) is 3.49. The lowest BCUT2D eigenvalue weighted by molar-refractivity contribution is -0.127. The summed E-state index contributed by atoms with van der Waals surface area (Å²) in [6.07, 6.45) is 1.83. The molecule has 2 heterocycles. The van der Waals surface area contributed by atoms with E-state index in [-0.39, 0.29) is 12.3 Å². The van der Waals surface area contributed by atoms with E-state index in [2.05, 4.69) is 25.6 Å². The fraction of sp³-hybridized carbons (Fsp3) is 0.286. The molecular weight excluding hydrogens is 482 g/mol. The van der Waals surface area contributed by atoms with E-state index in [0.717, 1.165) is 5.69 Å². The van der Waals surface area contributed by atoms with Crippen LogP contribution in [0.15, 0.2) is 72.0 Å². The number of aliphatic imine (C=N–C) groups is 1. The van der Waals surface area contributed by atoms with E-state index in [1.54, 1.807) is 63.5 Å². The first kappa shape index (κ1) is 26.5. The number of nitrogens with one attached hydrogen (secondary N) is 2. The van der Waals surface area contributed by atoms with Crippen molar-refractivity contribution in [2.45, 2.75) is 26.9 Å². The summed E-state index contributed by atoms with van der Waals surface area (Å²) in [6.45, 7) is 5.22. The Balaban J connectivity index is 1.73. The number of nitrogens with zero attached hydrogens (tertiary/aromatic N) is 5. The van der Waals surface area contributed by atoms with Gasteiger partial charge in [-0.25, -0.2) is 19.8 Å². The van der Waals surface area contributed by atoms with Gasteiger partial charge in [-0.3, -0.25) is 9.59 Å². The van der Waals surface area contributed by atoms with Gasteiger partial charge in [0.15, 0.2) is 11.6 Å². The van der Waals surface area contributed by atoms with Crippen molar-refractivity contribution in [3.63, 3.8) is 0 Å². The number of fused-ring (bicyclic) bond motifs is 1. The van der Waals surface area contributed by atoms with Crippen LogP contribution in [-0.2, 0) is 9.59 Å². The molecule has 0 fully saturated rings. The number of amides is 3. The summed E-state index contributed by atoms with van der Waals surface area (Å²) < 4.78 is 0. The molecule has 0 radical (unpaired) electrons. The molecule has 196 valence electrons. The van der Waals surface area contributed by atoms with Crippen molar-refractivity contribution >= 4 is 40.5 Å². The van der Waals surface area contributed by atoms with Crippen LogP contribution >= 0.6 is 0 Å². The van der Waals surface area contributed by atoms with Crippen LogP contribution in [0.3, 0.4) is 0 Å². The zero-order valence-corrected chi connectivity index (χ0v) is 22.1. The van der Waals surface area contributed by atoms with Crippen molar-refractivity contribution < 1.29 is 14.4 Å². The van der Waals surface area contributed by atoms with Gasteiger partial charge in [0.1, 0.15) is 5.71 Å². The SMILES string of the molecule is CN(C)c1cccc(NC(=O)NC2N=C(c3ncccn3)c3ccccc3N(CC(=O)C(C)(C)C)C2=O)c1. The van der Waals surface area contributed by atoms with Gasteiger partial charge in [0.25, 0.3) is 5.91 Å². The molecule has 2 aromatic carbocycles. The van der Waals surface area contributed by atoms with Gasteiger partial charge >= 0.3 is 6.03 Å². The maximum Gasteiger partial charge on any atom is 0.321 e. The van der Waals surface area contributed by atoms with Crippen LogP contribution < -0.4 is 20.4 Å². The third kappa shape index (κ3) is 5.86. The number of anilines is 3. The molecule has 0 bridgehead atoms. The first-order chi connectivity index (χ1) is 18.0. The van der Waals surface area contributed by atoms with Gasteiger partial charge in [-0.2, -0.15) is 0 Å². The Bertz CT molecular complexity index is 1380. The number of hydrogen-bond acceptors (Lipinski definition) is 7. The summed E-state index contributed by atoms with van der Waals surface area (Å²) >= 11 is 0. The van der Waals surface area contributed by atoms with Crippen molar-refractivity contribution in [3.8, 4) is 0 Å². The lowest BCUT2D eigenvalue weighted by Crippen LogP contribution is -2.50. The smallest absolute Gasteiger partial charge is 0.321 e. The Labute approximate surface area is 221 Å². The Morgan fingerprint density at radius 2 is 1.71 bits per heavy atom. The zero-order chi connectivity index (χ0) is 27.4. The van der Waals surface area contributed by atoms with Crippen molar-refractivity contribution in [2.24, 2.45) is 10.4 Å². The first-order valence-corrected chi connectivity index (χ1v) is 12.2. The Morgan fingerprint density at radius 1 is 1.00 bits per heavy atom. The molecule has 1 aromatic heterocycles. The highest BCUT2D eigenvalue weighted by atomic mass is 16.2. The Kier molecular flexibility index (Phi) is 7.52. The molecule has 38 heavy (non-hydrogen) atoms. The lowest BCUT2D eigenvalue weighted by atomic mass is 9.90. The van der Waals surface area contributed by atoms with Crippen molar-refractivity contribution in [1.29, 1.82) is 0 Å². The highest BCUT2D eigenvalue weighted by molar-refractivity contribution is 6.19. The molecule has 3 aromatic rings. The average molecular weight is 514 g/mol. The minimum absolute atomic E-state index is 0.135. The number of para-hydroxylation sites is 1. The van der Waals surface area contributed by atoms with Gasteiger partial charge in [0, 0.05) is 48.8 Å². The van der Waals surface area contributed by atoms with Gasteiger partial charge in [0.2, 0.25) is 6.17 Å². The van der Waals surface area contributed by atoms with Crippen molar-refractivity contribution in [3.05, 3.63) is 78.4 Å². The standard InChI is InChI=1S/C28H31N7O3/c1-28(2,3)22(36)17-35-21-13-7-6-12-20(21)23(24-29-14-9-15-30-24)32-25(26(35)37)33-27(38)31-18-10-8-11-19(16-18)34(4)5/h6-16,25H,17H2,1-5H3,(H2,31,33,38). The summed E-state index contributed by atoms with van der Waals surface area (Å²) in [6, 6.07) is 15.5. The number of carbonyl (C=O) groups is 3. The summed E-state index contributed by atoms with van der Waals surface area (Å²) in [5, 5.41) is 5.44. The van der Waals surface area contributed by atoms with Crippen molar-refractivity contribution in [2.75, 3.05) is 35.8 Å². The summed E-state index contributed by atoms with van der Waals surface area (Å²) in [5.74, 6) is -0.385. The van der Waals surface area contributed by atoms with E-state index in [0.29, 0.717) is 28.5 Å². The second-order valence-corrected chi connectivity index (χ2v) is 10.1. The molecule has 0 saturated carbocycles. The fourth-order valence-electron chi connectivity index (χ4n) is 3.82. The molecule has 3 amide bonds. The molecule has 1 atom stereocenters. The minimum atomic E-state index is -1.33. The highest BCUT2D eigenvalue weighted by Gasteiger charge is 2.36. The van der Waals surface area contributed by atoms with E-state index in [1.807, 2.05) is 43.3 Å². The second kappa shape index (κ2) is 10.8. The number of ketones is 1. The molecule has 2 N–H and O–H groups in total. The Hall–Kier alpha value is -4.60. The topological polar surface area (TPSA) is 120 Å². The molecule has 1 aliphatic rings. The molecule has 10 heteroatoms. The van der Waals surface area contributed by atoms with E-state index in [1.165, 1.54) is 4.90 Å². The third-order valence-electron chi connectivity index (χ3n) is 6.01. The van der Waals surface area contributed by atoms with Gasteiger partial charge in [-0.1, -0.05) is 45.0 Å². The number of urea groups is 1. The first-order valence-electron chi connectivity index (χ1n) is 12.2. The van der Waals surface area contributed by atoms with Gasteiger partial charge in [0.05, 0.1) is 12.2 Å². The quantitative estimate of drug-likeness (QED) is 0.521. The molecule has 0 aliphatic carbocycles. The summed E-state index contributed by atoms with van der Waals surface area (Å²) in [7, 11) is 3.80. The molecular formula is C28H31N7O3. The molecule has 0 spiro atoms. The minimum Gasteiger partial charge on any atom is -0.378 e. The van der Waals surface area contributed by atoms with E-state index < -0.39 is 23.5 Å². The number of carbonyl (C=O) groups excluding carboxylic acids is 3. The van der Waals surface area contributed by atoms with Crippen LogP contribution in [0.2, 0.25) is 0 Å². The van der Waals surface area contributed by atoms with Crippen LogP contribution in [0.25, 0.3) is 0 Å². The van der Waals surface area contributed by atoms with Gasteiger partial charge in [-0.15, -0.1) is 0 Å². The second-order valence-electron chi connectivity index (χ2n) is 10.1. The number of rotatable bonds is 6. The van der Waals surface area contributed by atoms with Gasteiger partial charge in [-0.05, 0) is 30.3 Å². The fourth-order valence-corrected chi connectivity index (χ4v) is 3.82. The monoisotopic (exact) mass is 513 g/mol. The molecule has 1 unspecified atom stereocenters. The maximum atomic E-state index is 13.9. The maximum absolute atomic E-state index is 13.9. The lowest BCUT2D eigenvalue weighted by Gasteiger charge is -2.28. The normalized spacial score (nSPS) is 15.2. The van der Waals surface area contributed by atoms with Crippen LogP contribution in [0.4, 0.5) is 21.9 Å². The molecule has 10 nitrogen and oxygen atoms in total. The van der Waals surface area contributed by atoms with Crippen LogP contribution in [0, 0.1) is 5.41 Å². The number of benzene rings is 2. The van der Waals surface area contributed by atoms with Gasteiger partial charge < -0.3 is 20.4 Å². The highest BCUT2D eigenvalue weighted by Crippen LogP contribution is 2.29. The number of Topliss-reactive ketones (excluding diaryl/α,β-unsaturated/α-hetero) is 1. The van der Waals surface area contributed by atoms with Crippen LogP contribution in [0.1, 0.15) is 32.2 Å². The zero-order valence-electron chi connectivity index (χ0n) is 22.1. The molecule has 4 rings (SSSR count).